The van der Waals surface area contributed by atoms with Crippen molar-refractivity contribution >= 4 is 38.9 Å². The van der Waals surface area contributed by atoms with Crippen molar-refractivity contribution in [2.75, 3.05) is 0 Å². The molecular formula is C5H4BrClS. The highest BCUT2D eigenvalue weighted by atomic mass is 79.9. The van der Waals surface area contributed by atoms with Crippen LogP contribution in [-0.4, -0.2) is 0 Å². The van der Waals surface area contributed by atoms with Gasteiger partial charge in [-0.1, -0.05) is 0 Å². The lowest BCUT2D eigenvalue weighted by Gasteiger charge is -1.77. The van der Waals surface area contributed by atoms with Crippen molar-refractivity contribution in [1.29, 1.82) is 0 Å². The number of thiophene rings is 1. The van der Waals surface area contributed by atoms with Gasteiger partial charge < -0.3 is 0 Å². The van der Waals surface area contributed by atoms with E-state index in [9.17, 15) is 0 Å². The molecule has 1 heterocycles. The Morgan fingerprint density at radius 3 is 2.75 bits per heavy atom. The molecule has 0 aliphatic heterocycles. The molecule has 0 spiro atoms. The summed E-state index contributed by atoms with van der Waals surface area (Å²) in [5.41, 5.74) is 1.18. The van der Waals surface area contributed by atoms with Gasteiger partial charge in [0.1, 0.15) is 0 Å². The van der Waals surface area contributed by atoms with Crippen molar-refractivity contribution in [2.45, 2.75) is 5.88 Å². The first-order chi connectivity index (χ1) is 3.83. The van der Waals surface area contributed by atoms with Crippen molar-refractivity contribution < 1.29 is 0 Å². The van der Waals surface area contributed by atoms with E-state index in [0.29, 0.717) is 5.88 Å². The van der Waals surface area contributed by atoms with Gasteiger partial charge >= 0.3 is 0 Å². The first-order valence-corrected chi connectivity index (χ1v) is 4.32. The minimum Gasteiger partial charge on any atom is -0.137 e. The molecule has 0 nitrogen and oxygen atoms in total. The molecule has 1 aromatic rings. The number of hydrogen-bond acceptors (Lipinski definition) is 1. The van der Waals surface area contributed by atoms with Crippen molar-refractivity contribution in [3.05, 3.63) is 20.8 Å². The molecule has 0 bridgehead atoms. The van der Waals surface area contributed by atoms with E-state index < -0.39 is 0 Å². The Labute approximate surface area is 65.6 Å². The Hall–Kier alpha value is 0.470. The molecule has 1 rings (SSSR count). The van der Waals surface area contributed by atoms with Gasteiger partial charge in [-0.25, -0.2) is 0 Å². The summed E-state index contributed by atoms with van der Waals surface area (Å²) in [7, 11) is 0. The predicted octanol–water partition coefficient (Wildman–Crippen LogP) is 3.25. The van der Waals surface area contributed by atoms with E-state index in [0.717, 1.165) is 3.79 Å². The molecule has 3 heteroatoms. The average Bonchev–Trinajstić information content (AvgIpc) is 2.14. The Morgan fingerprint density at radius 2 is 2.50 bits per heavy atom. The van der Waals surface area contributed by atoms with Crippen molar-refractivity contribution in [3.8, 4) is 0 Å². The van der Waals surface area contributed by atoms with Gasteiger partial charge in [0.15, 0.2) is 0 Å². The van der Waals surface area contributed by atoms with Gasteiger partial charge in [-0.3, -0.25) is 0 Å². The molecule has 0 atom stereocenters. The highest BCUT2D eigenvalue weighted by Gasteiger charge is 1.91. The van der Waals surface area contributed by atoms with E-state index in [2.05, 4.69) is 15.9 Å². The summed E-state index contributed by atoms with van der Waals surface area (Å²) in [6.45, 7) is 0. The lowest BCUT2D eigenvalue weighted by Crippen LogP contribution is -1.62. The zero-order chi connectivity index (χ0) is 5.98. The van der Waals surface area contributed by atoms with E-state index >= 15 is 0 Å². The summed E-state index contributed by atoms with van der Waals surface area (Å²) >= 11 is 10.5. The van der Waals surface area contributed by atoms with Crippen LogP contribution in [0.15, 0.2) is 15.2 Å². The first kappa shape index (κ1) is 6.59. The average molecular weight is 212 g/mol. The van der Waals surface area contributed by atoms with Crippen LogP contribution in [0.3, 0.4) is 0 Å². The number of halogens is 2. The maximum Gasteiger partial charge on any atom is 0.0701 e. The number of rotatable bonds is 1. The van der Waals surface area contributed by atoms with E-state index in [4.69, 9.17) is 11.6 Å². The largest absolute Gasteiger partial charge is 0.137 e. The summed E-state index contributed by atoms with van der Waals surface area (Å²) in [4.78, 5) is 0. The van der Waals surface area contributed by atoms with E-state index in [1.54, 1.807) is 11.3 Å². The minimum atomic E-state index is 0.613. The lowest BCUT2D eigenvalue weighted by molar-refractivity contribution is 1.46. The smallest absolute Gasteiger partial charge is 0.0701 e. The monoisotopic (exact) mass is 210 g/mol. The first-order valence-electron chi connectivity index (χ1n) is 2.12. The van der Waals surface area contributed by atoms with Gasteiger partial charge in [0.25, 0.3) is 0 Å². The molecule has 0 fully saturated rings. The lowest BCUT2D eigenvalue weighted by atomic mass is 10.4. The maximum absolute atomic E-state index is 5.53. The third-order valence-corrected chi connectivity index (χ3v) is 2.64. The quantitative estimate of drug-likeness (QED) is 0.626. The normalized spacial score (nSPS) is 9.75. The third kappa shape index (κ3) is 1.47. The van der Waals surface area contributed by atoms with Crippen LogP contribution >= 0.6 is 38.9 Å². The van der Waals surface area contributed by atoms with E-state index in [1.807, 2.05) is 11.4 Å². The Bertz CT molecular complexity index is 173. The van der Waals surface area contributed by atoms with Gasteiger partial charge in [-0.2, -0.15) is 0 Å². The fourth-order valence-corrected chi connectivity index (χ4v) is 1.87. The predicted molar refractivity (Wildman–Crippen MR) is 41.6 cm³/mol. The third-order valence-electron chi connectivity index (χ3n) is 0.776. The van der Waals surface area contributed by atoms with Gasteiger partial charge in [0.05, 0.1) is 3.79 Å². The molecule has 0 amide bonds. The second kappa shape index (κ2) is 2.85. The molecule has 0 saturated heterocycles. The maximum atomic E-state index is 5.53. The second-order valence-electron chi connectivity index (χ2n) is 1.39. The molecule has 0 N–H and O–H groups in total. The van der Waals surface area contributed by atoms with Crippen LogP contribution in [0, 0.1) is 0 Å². The van der Waals surface area contributed by atoms with Crippen LogP contribution in [0.5, 0.6) is 0 Å². The molecule has 0 aromatic carbocycles. The van der Waals surface area contributed by atoms with Crippen molar-refractivity contribution in [2.24, 2.45) is 0 Å². The van der Waals surface area contributed by atoms with Crippen LogP contribution in [0.1, 0.15) is 5.56 Å². The topological polar surface area (TPSA) is 0 Å². The zero-order valence-corrected chi connectivity index (χ0v) is 7.18. The summed E-state index contributed by atoms with van der Waals surface area (Å²) in [6.07, 6.45) is 0. The summed E-state index contributed by atoms with van der Waals surface area (Å²) in [5.74, 6) is 0.613. The molecule has 0 saturated carbocycles. The molecule has 8 heavy (non-hydrogen) atoms. The van der Waals surface area contributed by atoms with Crippen LogP contribution in [0.2, 0.25) is 0 Å². The van der Waals surface area contributed by atoms with Gasteiger partial charge in [-0.15, -0.1) is 22.9 Å². The highest BCUT2D eigenvalue weighted by Crippen LogP contribution is 2.21. The van der Waals surface area contributed by atoms with Crippen LogP contribution in [0.4, 0.5) is 0 Å². The van der Waals surface area contributed by atoms with Gasteiger partial charge in [-0.05, 0) is 32.9 Å². The van der Waals surface area contributed by atoms with Crippen molar-refractivity contribution in [1.82, 2.24) is 0 Å². The SMILES string of the molecule is ClCc1csc(Br)c1. The summed E-state index contributed by atoms with van der Waals surface area (Å²) in [5, 5.41) is 2.04. The van der Waals surface area contributed by atoms with E-state index in [1.165, 1.54) is 5.56 Å². The number of alkyl halides is 1. The summed E-state index contributed by atoms with van der Waals surface area (Å²) < 4.78 is 1.15. The molecule has 1 aromatic heterocycles. The standard InChI is InChI=1S/C5H4BrClS/c6-5-1-4(2-7)3-8-5/h1,3H,2H2. The Kier molecular flexibility index (Phi) is 2.35. The molecule has 0 radical (unpaired) electrons. The zero-order valence-electron chi connectivity index (χ0n) is 4.03. The fourth-order valence-electron chi connectivity index (χ4n) is 0.416. The van der Waals surface area contributed by atoms with Crippen LogP contribution in [-0.2, 0) is 5.88 Å². The summed E-state index contributed by atoms with van der Waals surface area (Å²) in [6, 6.07) is 2.03. The van der Waals surface area contributed by atoms with Crippen LogP contribution in [0.25, 0.3) is 0 Å². The molecule has 0 aliphatic rings. The molecular weight excluding hydrogens is 207 g/mol. The van der Waals surface area contributed by atoms with Gasteiger partial charge in [0.2, 0.25) is 0 Å². The molecule has 44 valence electrons. The highest BCUT2D eigenvalue weighted by molar-refractivity contribution is 9.11. The van der Waals surface area contributed by atoms with Gasteiger partial charge in [0, 0.05) is 5.88 Å². The Morgan fingerprint density at radius 1 is 1.75 bits per heavy atom. The second-order valence-corrected chi connectivity index (χ2v) is 3.95. The number of hydrogen-bond donors (Lipinski definition) is 0. The fraction of sp³-hybridized carbons (Fsp3) is 0.200. The minimum absolute atomic E-state index is 0.613. The van der Waals surface area contributed by atoms with E-state index in [-0.39, 0.29) is 0 Å². The Balaban J connectivity index is 2.84. The van der Waals surface area contributed by atoms with Crippen LogP contribution < -0.4 is 0 Å². The van der Waals surface area contributed by atoms with Crippen molar-refractivity contribution in [3.63, 3.8) is 0 Å². The molecule has 0 aliphatic carbocycles. The molecule has 0 unspecified atom stereocenters.